The van der Waals surface area contributed by atoms with Crippen LogP contribution in [0.25, 0.3) is 0 Å². The van der Waals surface area contributed by atoms with Crippen LogP contribution in [0.4, 0.5) is 11.4 Å². The highest BCUT2D eigenvalue weighted by Crippen LogP contribution is 2.24. The zero-order valence-corrected chi connectivity index (χ0v) is 5.56. The summed E-state index contributed by atoms with van der Waals surface area (Å²) in [5.74, 6) is -0.225. The molecular formula is C6H7N2O3+. The van der Waals surface area contributed by atoms with Crippen molar-refractivity contribution in [1.82, 2.24) is 0 Å². The number of nitrogen functional groups attached to an aromatic ring is 1. The van der Waals surface area contributed by atoms with Gasteiger partial charge >= 0.3 is 5.69 Å². The highest BCUT2D eigenvalue weighted by atomic mass is 16.6. The minimum Gasteiger partial charge on any atom is -0.506 e. The Bertz CT molecular complexity index is 298. The van der Waals surface area contributed by atoms with E-state index in [0.29, 0.717) is 0 Å². The Kier molecular flexibility index (Phi) is 1.63. The summed E-state index contributed by atoms with van der Waals surface area (Å²) < 4.78 is 0. The van der Waals surface area contributed by atoms with Gasteiger partial charge < -0.3 is 10.8 Å². The van der Waals surface area contributed by atoms with Crippen LogP contribution in [0.5, 0.6) is 5.75 Å². The van der Waals surface area contributed by atoms with Gasteiger partial charge in [0.05, 0.1) is 16.7 Å². The topological polar surface area (TPSA) is 86.6 Å². The van der Waals surface area contributed by atoms with E-state index in [9.17, 15) is 4.91 Å². The van der Waals surface area contributed by atoms with Gasteiger partial charge in [-0.3, -0.25) is 0 Å². The van der Waals surface area contributed by atoms with Crippen LogP contribution in [0, 0.1) is 4.91 Å². The third-order valence-corrected chi connectivity index (χ3v) is 1.23. The van der Waals surface area contributed by atoms with E-state index in [2.05, 4.69) is 0 Å². The molecule has 4 N–H and O–H groups in total. The molecule has 0 aliphatic rings. The highest BCUT2D eigenvalue weighted by Gasteiger charge is 2.12. The number of phenols is 1. The zero-order valence-electron chi connectivity index (χ0n) is 5.56. The fraction of sp³-hybridized carbons (Fsp3) is 0. The molecular weight excluding hydrogens is 148 g/mol. The number of benzene rings is 1. The molecule has 0 spiro atoms. The van der Waals surface area contributed by atoms with E-state index < -0.39 is 0 Å². The van der Waals surface area contributed by atoms with Gasteiger partial charge in [0.1, 0.15) is 5.75 Å². The Labute approximate surface area is 62.2 Å². The number of nitrogens with two attached hydrogens (primary N) is 1. The lowest BCUT2D eigenvalue weighted by Gasteiger charge is -1.93. The second-order valence-electron chi connectivity index (χ2n) is 2.02. The Morgan fingerprint density at radius 2 is 2.09 bits per heavy atom. The first-order chi connectivity index (χ1) is 5.11. The molecule has 0 aliphatic heterocycles. The maximum absolute atomic E-state index is 10.2. The summed E-state index contributed by atoms with van der Waals surface area (Å²) >= 11 is 0. The first kappa shape index (κ1) is 7.33. The van der Waals surface area contributed by atoms with E-state index in [4.69, 9.17) is 16.0 Å². The van der Waals surface area contributed by atoms with E-state index in [-0.39, 0.29) is 22.0 Å². The molecule has 0 saturated carbocycles. The highest BCUT2D eigenvalue weighted by molar-refractivity contribution is 5.56. The van der Waals surface area contributed by atoms with Crippen molar-refractivity contribution >= 4 is 11.4 Å². The third kappa shape index (κ3) is 1.37. The van der Waals surface area contributed by atoms with Crippen LogP contribution in [0.1, 0.15) is 0 Å². The minimum atomic E-state index is -0.348. The van der Waals surface area contributed by atoms with Gasteiger partial charge in [0.25, 0.3) is 4.92 Å². The van der Waals surface area contributed by atoms with Gasteiger partial charge in [0, 0.05) is 6.07 Å². The smallest absolute Gasteiger partial charge is 0.320 e. The van der Waals surface area contributed by atoms with E-state index in [1.807, 2.05) is 0 Å². The number of rotatable bonds is 1. The molecule has 5 nitrogen and oxygen atoms in total. The molecule has 0 amide bonds. The van der Waals surface area contributed by atoms with Gasteiger partial charge in [-0.05, 0) is 6.07 Å². The van der Waals surface area contributed by atoms with Crippen molar-refractivity contribution in [2.75, 3.05) is 5.73 Å². The molecule has 1 aromatic rings. The Hall–Kier alpha value is -1.78. The Morgan fingerprint density at radius 1 is 1.45 bits per heavy atom. The second kappa shape index (κ2) is 2.45. The molecule has 0 radical (unpaired) electrons. The first-order valence-electron chi connectivity index (χ1n) is 2.86. The summed E-state index contributed by atoms with van der Waals surface area (Å²) in [5.41, 5.74) is 5.34. The van der Waals surface area contributed by atoms with Gasteiger partial charge in [-0.15, -0.1) is 0 Å². The summed E-state index contributed by atoms with van der Waals surface area (Å²) in [6, 6.07) is 3.69. The SMILES string of the molecule is Nc1ccc([N+](=O)O)cc1O. The Morgan fingerprint density at radius 3 is 2.55 bits per heavy atom. The quantitative estimate of drug-likeness (QED) is 0.317. The average molecular weight is 155 g/mol. The normalized spacial score (nSPS) is 9.45. The van der Waals surface area contributed by atoms with Crippen LogP contribution < -0.4 is 5.73 Å². The number of nitrogens with zero attached hydrogens (tertiary/aromatic N) is 1. The summed E-state index contributed by atoms with van der Waals surface area (Å²) in [6.07, 6.45) is 0. The lowest BCUT2D eigenvalue weighted by molar-refractivity contribution is -0.729. The molecule has 0 unspecified atom stereocenters. The number of anilines is 1. The third-order valence-electron chi connectivity index (χ3n) is 1.23. The fourth-order valence-electron chi connectivity index (χ4n) is 0.651. The summed E-state index contributed by atoms with van der Waals surface area (Å²) in [5, 5.41) is 17.3. The molecule has 0 aliphatic carbocycles. The standard InChI is InChI=1S/C6H6N2O3/c7-5-2-1-4(8(10)11)3-6(5)9/h1-3H,7H2,(H-,9,10,11)/p+1. The molecule has 1 aromatic carbocycles. The van der Waals surface area contributed by atoms with Crippen LogP contribution in [-0.2, 0) is 0 Å². The van der Waals surface area contributed by atoms with Crippen LogP contribution in [0.15, 0.2) is 18.2 Å². The zero-order chi connectivity index (χ0) is 8.43. The first-order valence-corrected chi connectivity index (χ1v) is 2.86. The van der Waals surface area contributed by atoms with E-state index in [0.717, 1.165) is 6.07 Å². The van der Waals surface area contributed by atoms with E-state index >= 15 is 0 Å². The summed E-state index contributed by atoms with van der Waals surface area (Å²) in [4.78, 5) is 9.88. The van der Waals surface area contributed by atoms with Crippen LogP contribution in [0.2, 0.25) is 0 Å². The van der Waals surface area contributed by atoms with Crippen LogP contribution in [-0.4, -0.2) is 15.2 Å². The molecule has 5 heteroatoms. The molecule has 0 fully saturated rings. The van der Waals surface area contributed by atoms with Gasteiger partial charge in [-0.25, -0.2) is 5.21 Å². The monoisotopic (exact) mass is 155 g/mol. The van der Waals surface area contributed by atoms with Crippen molar-refractivity contribution in [3.63, 3.8) is 0 Å². The van der Waals surface area contributed by atoms with Crippen LogP contribution >= 0.6 is 0 Å². The molecule has 1 rings (SSSR count). The molecule has 0 bridgehead atoms. The second-order valence-corrected chi connectivity index (χ2v) is 2.02. The van der Waals surface area contributed by atoms with Crippen molar-refractivity contribution in [3.05, 3.63) is 23.1 Å². The number of hydrogen-bond donors (Lipinski definition) is 3. The fourth-order valence-corrected chi connectivity index (χ4v) is 0.651. The summed E-state index contributed by atoms with van der Waals surface area (Å²) in [6.45, 7) is 0. The lowest BCUT2D eigenvalue weighted by Crippen LogP contribution is -1.92. The van der Waals surface area contributed by atoms with Crippen molar-refractivity contribution in [1.29, 1.82) is 0 Å². The van der Waals surface area contributed by atoms with Gasteiger partial charge in [-0.1, -0.05) is 0 Å². The van der Waals surface area contributed by atoms with Gasteiger partial charge in [0.15, 0.2) is 0 Å². The van der Waals surface area contributed by atoms with Crippen molar-refractivity contribution < 1.29 is 15.2 Å². The van der Waals surface area contributed by atoms with Gasteiger partial charge in [-0.2, -0.15) is 0 Å². The van der Waals surface area contributed by atoms with Crippen molar-refractivity contribution in [2.45, 2.75) is 0 Å². The Balaban J connectivity index is 3.15. The molecule has 0 aromatic heterocycles. The maximum atomic E-state index is 10.2. The average Bonchev–Trinajstić information content (AvgIpc) is 1.94. The minimum absolute atomic E-state index is 0.0586. The largest absolute Gasteiger partial charge is 0.506 e. The molecule has 0 atom stereocenters. The van der Waals surface area contributed by atoms with Crippen molar-refractivity contribution in [2.24, 2.45) is 0 Å². The van der Waals surface area contributed by atoms with Crippen molar-refractivity contribution in [3.8, 4) is 5.75 Å². The molecule has 11 heavy (non-hydrogen) atoms. The van der Waals surface area contributed by atoms with Crippen LogP contribution in [0.3, 0.4) is 0 Å². The molecule has 0 saturated heterocycles. The van der Waals surface area contributed by atoms with Gasteiger partial charge in [0.2, 0.25) is 0 Å². The van der Waals surface area contributed by atoms with E-state index in [1.54, 1.807) is 0 Å². The van der Waals surface area contributed by atoms with E-state index in [1.165, 1.54) is 12.1 Å². The summed E-state index contributed by atoms with van der Waals surface area (Å²) in [7, 11) is 0. The number of aromatic hydroxyl groups is 1. The predicted octanol–water partition coefficient (Wildman–Crippen LogP) is 0.774. The molecule has 0 heterocycles. The number of phenolic OH excluding ortho intramolecular Hbond substituents is 1. The lowest BCUT2D eigenvalue weighted by atomic mass is 10.3. The maximum Gasteiger partial charge on any atom is 0.320 e. The molecule has 58 valence electrons. The number of hydrogen-bond acceptors (Lipinski definition) is 3. The predicted molar refractivity (Wildman–Crippen MR) is 37.6 cm³/mol.